The molecule has 1 aromatic heterocycles. The number of rotatable bonds is 4. The zero-order chi connectivity index (χ0) is 18.9. The van der Waals surface area contributed by atoms with E-state index in [1.807, 2.05) is 0 Å². The molecule has 2 amide bonds. The van der Waals surface area contributed by atoms with E-state index in [4.69, 9.17) is 5.41 Å². The number of halogens is 2. The Morgan fingerprint density at radius 2 is 2.08 bits per heavy atom. The van der Waals surface area contributed by atoms with Crippen molar-refractivity contribution in [3.63, 3.8) is 0 Å². The number of amides is 2. The molecular formula is C18H18F2N4O2. The molecule has 0 radical (unpaired) electrons. The number of benzene rings is 1. The summed E-state index contributed by atoms with van der Waals surface area (Å²) in [7, 11) is 0. The first kappa shape index (κ1) is 17.9. The molecule has 1 fully saturated rings. The average Bonchev–Trinajstić information content (AvgIpc) is 2.95. The van der Waals surface area contributed by atoms with Crippen LogP contribution in [-0.4, -0.2) is 52.5 Å². The molecule has 0 spiro atoms. The molecule has 2 aromatic rings. The maximum Gasteiger partial charge on any atom is 0.267 e. The van der Waals surface area contributed by atoms with Crippen LogP contribution < -0.4 is 5.32 Å². The second-order valence-electron chi connectivity index (χ2n) is 6.34. The van der Waals surface area contributed by atoms with Crippen molar-refractivity contribution in [3.8, 4) is 0 Å². The van der Waals surface area contributed by atoms with Gasteiger partial charge in [-0.1, -0.05) is 18.2 Å². The van der Waals surface area contributed by atoms with Crippen molar-refractivity contribution < 1.29 is 18.4 Å². The quantitative estimate of drug-likeness (QED) is 0.820. The van der Waals surface area contributed by atoms with Crippen molar-refractivity contribution in [2.45, 2.75) is 25.3 Å². The van der Waals surface area contributed by atoms with Crippen LogP contribution in [0.25, 0.3) is 10.9 Å². The Balaban J connectivity index is 1.71. The van der Waals surface area contributed by atoms with Crippen LogP contribution in [0, 0.1) is 5.41 Å². The predicted molar refractivity (Wildman–Crippen MR) is 92.5 cm³/mol. The van der Waals surface area contributed by atoms with Crippen LogP contribution in [0.15, 0.2) is 36.5 Å². The van der Waals surface area contributed by atoms with E-state index in [0.29, 0.717) is 16.5 Å². The first-order valence-corrected chi connectivity index (χ1v) is 8.13. The fourth-order valence-electron chi connectivity index (χ4n) is 3.11. The van der Waals surface area contributed by atoms with E-state index < -0.39 is 43.3 Å². The third kappa shape index (κ3) is 3.54. The zero-order valence-corrected chi connectivity index (χ0v) is 14.1. The van der Waals surface area contributed by atoms with Crippen molar-refractivity contribution in [2.75, 3.05) is 13.1 Å². The number of carbonyl (C=O) groups is 2. The Bertz CT molecular complexity index is 879. The summed E-state index contributed by atoms with van der Waals surface area (Å²) in [5.41, 5.74) is 1.00. The molecule has 0 unspecified atom stereocenters. The maximum atomic E-state index is 13.6. The van der Waals surface area contributed by atoms with Gasteiger partial charge in [-0.3, -0.25) is 14.6 Å². The Kier molecular flexibility index (Phi) is 4.67. The lowest BCUT2D eigenvalue weighted by Crippen LogP contribution is -2.45. The molecular weight excluding hydrogens is 342 g/mol. The van der Waals surface area contributed by atoms with Crippen molar-refractivity contribution in [3.05, 3.63) is 42.1 Å². The summed E-state index contributed by atoms with van der Waals surface area (Å²) in [6, 6.07) is 7.69. The Labute approximate surface area is 148 Å². The number of nitrogens with zero attached hydrogens (tertiary/aromatic N) is 2. The van der Waals surface area contributed by atoms with Gasteiger partial charge in [-0.05, 0) is 19.1 Å². The summed E-state index contributed by atoms with van der Waals surface area (Å²) >= 11 is 0. The number of carbonyl (C=O) groups excluding carboxylic acids is 2. The van der Waals surface area contributed by atoms with E-state index in [9.17, 15) is 18.4 Å². The smallest absolute Gasteiger partial charge is 0.267 e. The molecule has 6 nitrogen and oxygen atoms in total. The molecule has 1 aromatic carbocycles. The van der Waals surface area contributed by atoms with Crippen LogP contribution in [0.4, 0.5) is 8.78 Å². The first-order valence-electron chi connectivity index (χ1n) is 8.13. The molecule has 2 N–H and O–H groups in total. The highest BCUT2D eigenvalue weighted by Crippen LogP contribution is 2.32. The van der Waals surface area contributed by atoms with Gasteiger partial charge in [-0.25, -0.2) is 8.78 Å². The van der Waals surface area contributed by atoms with E-state index in [1.54, 1.807) is 24.3 Å². The molecule has 0 saturated carbocycles. The number of para-hydroxylation sites is 1. The lowest BCUT2D eigenvalue weighted by Gasteiger charge is -2.23. The molecule has 8 heteroatoms. The van der Waals surface area contributed by atoms with Crippen LogP contribution in [0.1, 0.15) is 23.7 Å². The van der Waals surface area contributed by atoms with Crippen molar-refractivity contribution in [1.82, 2.24) is 15.2 Å². The van der Waals surface area contributed by atoms with E-state index in [-0.39, 0.29) is 5.71 Å². The van der Waals surface area contributed by atoms with Crippen LogP contribution in [0.3, 0.4) is 0 Å². The Hall–Kier alpha value is -2.90. The third-order valence-electron chi connectivity index (χ3n) is 4.38. The first-order chi connectivity index (χ1) is 12.3. The van der Waals surface area contributed by atoms with Gasteiger partial charge >= 0.3 is 0 Å². The van der Waals surface area contributed by atoms with Crippen molar-refractivity contribution >= 4 is 28.4 Å². The summed E-state index contributed by atoms with van der Waals surface area (Å²) in [6.45, 7) is 0.254. The molecule has 3 rings (SSSR count). The van der Waals surface area contributed by atoms with Gasteiger partial charge in [-0.2, -0.15) is 0 Å². The minimum Gasteiger partial charge on any atom is -0.343 e. The van der Waals surface area contributed by atoms with Crippen LogP contribution in [0.5, 0.6) is 0 Å². The van der Waals surface area contributed by atoms with Crippen LogP contribution in [-0.2, 0) is 4.79 Å². The molecule has 0 bridgehead atoms. The number of pyridine rings is 1. The molecule has 136 valence electrons. The molecule has 1 aliphatic rings. The van der Waals surface area contributed by atoms with Gasteiger partial charge in [0.05, 0.1) is 30.2 Å². The van der Waals surface area contributed by atoms with E-state index in [2.05, 4.69) is 10.3 Å². The monoisotopic (exact) mass is 360 g/mol. The number of hydrogen-bond acceptors (Lipinski definition) is 4. The van der Waals surface area contributed by atoms with E-state index in [1.165, 1.54) is 19.2 Å². The number of nitrogens with one attached hydrogen (secondary N) is 2. The minimum absolute atomic E-state index is 0.00183. The van der Waals surface area contributed by atoms with E-state index in [0.717, 1.165) is 4.90 Å². The molecule has 2 heterocycles. The number of aromatic nitrogens is 1. The second-order valence-corrected chi connectivity index (χ2v) is 6.34. The fourth-order valence-corrected chi connectivity index (χ4v) is 3.11. The third-order valence-corrected chi connectivity index (χ3v) is 4.38. The van der Waals surface area contributed by atoms with Gasteiger partial charge in [0.25, 0.3) is 11.8 Å². The summed E-state index contributed by atoms with van der Waals surface area (Å²) < 4.78 is 27.2. The zero-order valence-electron chi connectivity index (χ0n) is 14.1. The summed E-state index contributed by atoms with van der Waals surface area (Å²) in [5.74, 6) is -4.13. The van der Waals surface area contributed by atoms with Crippen LogP contribution in [0.2, 0.25) is 0 Å². The van der Waals surface area contributed by atoms with Crippen molar-refractivity contribution in [1.29, 1.82) is 5.41 Å². The van der Waals surface area contributed by atoms with Gasteiger partial charge in [0.1, 0.15) is 0 Å². The SMILES string of the molecule is CC(=N)[C@@H]1CC(F)(F)CN1C(=O)CNC(=O)c1ccnc2ccccc12. The topological polar surface area (TPSA) is 86.2 Å². The molecule has 0 aliphatic carbocycles. The maximum absolute atomic E-state index is 13.6. The van der Waals surface area contributed by atoms with Crippen LogP contribution >= 0.6 is 0 Å². The fraction of sp³-hybridized carbons (Fsp3) is 0.333. The number of alkyl halides is 2. The second kappa shape index (κ2) is 6.78. The highest BCUT2D eigenvalue weighted by molar-refractivity contribution is 6.07. The Morgan fingerprint density at radius 3 is 2.81 bits per heavy atom. The highest BCUT2D eigenvalue weighted by Gasteiger charge is 2.47. The van der Waals surface area contributed by atoms with Gasteiger partial charge in [-0.15, -0.1) is 0 Å². The number of hydrogen-bond donors (Lipinski definition) is 2. The predicted octanol–water partition coefficient (Wildman–Crippen LogP) is 2.24. The number of fused-ring (bicyclic) bond motifs is 1. The average molecular weight is 360 g/mol. The van der Waals surface area contributed by atoms with Gasteiger partial charge in [0, 0.05) is 23.7 Å². The summed E-state index contributed by atoms with van der Waals surface area (Å²) in [6.07, 6.45) is 0.936. The summed E-state index contributed by atoms with van der Waals surface area (Å²) in [5, 5.41) is 10.7. The van der Waals surface area contributed by atoms with Gasteiger partial charge in [0.15, 0.2) is 0 Å². The standard InChI is InChI=1S/C18H18F2N4O2/c1-11(21)15-8-18(19,20)10-24(15)16(25)9-23-17(26)13-6-7-22-14-5-3-2-4-12(13)14/h2-7,15,21H,8-10H2,1H3,(H,23,26)/t15-/m0/s1. The normalized spacial score (nSPS) is 18.7. The molecule has 26 heavy (non-hydrogen) atoms. The Morgan fingerprint density at radius 1 is 1.35 bits per heavy atom. The van der Waals surface area contributed by atoms with Crippen molar-refractivity contribution in [2.24, 2.45) is 0 Å². The van der Waals surface area contributed by atoms with Gasteiger partial charge < -0.3 is 15.6 Å². The summed E-state index contributed by atoms with van der Waals surface area (Å²) in [4.78, 5) is 29.9. The van der Waals surface area contributed by atoms with Gasteiger partial charge in [0.2, 0.25) is 5.91 Å². The molecule has 1 saturated heterocycles. The van der Waals surface area contributed by atoms with E-state index >= 15 is 0 Å². The molecule has 1 aliphatic heterocycles. The largest absolute Gasteiger partial charge is 0.343 e. The number of likely N-dealkylation sites (tertiary alicyclic amines) is 1. The lowest BCUT2D eigenvalue weighted by atomic mass is 10.1. The molecule has 1 atom stereocenters. The highest BCUT2D eigenvalue weighted by atomic mass is 19.3. The minimum atomic E-state index is -3.02. The lowest BCUT2D eigenvalue weighted by molar-refractivity contribution is -0.131.